The average Bonchev–Trinajstić information content (AvgIpc) is 2.88. The first-order valence-electron chi connectivity index (χ1n) is 8.11. The van der Waals surface area contributed by atoms with Crippen LogP contribution in [0, 0.1) is 12.8 Å². The first kappa shape index (κ1) is 19.4. The van der Waals surface area contributed by atoms with Crippen LogP contribution in [0.4, 0.5) is 0 Å². The van der Waals surface area contributed by atoms with Gasteiger partial charge in [-0.1, -0.05) is 6.92 Å². The lowest BCUT2D eigenvalue weighted by Crippen LogP contribution is -2.54. The molecule has 1 unspecified atom stereocenters. The summed E-state index contributed by atoms with van der Waals surface area (Å²) in [5, 5.41) is 9.09. The zero-order chi connectivity index (χ0) is 18.1. The molecule has 2 N–H and O–H groups in total. The van der Waals surface area contributed by atoms with Gasteiger partial charge in [-0.25, -0.2) is 17.9 Å². The molecule has 1 aromatic heterocycles. The van der Waals surface area contributed by atoms with Gasteiger partial charge in [0.15, 0.2) is 0 Å². The molecule has 8 heteroatoms. The van der Waals surface area contributed by atoms with E-state index in [2.05, 4.69) is 16.5 Å². The summed E-state index contributed by atoms with van der Waals surface area (Å²) in [7, 11) is -3.70. The third-order valence-corrected chi connectivity index (χ3v) is 7.66. The molecule has 1 atom stereocenters. The number of hydrogen-bond donors (Lipinski definition) is 2. The van der Waals surface area contributed by atoms with Crippen molar-refractivity contribution in [3.63, 3.8) is 0 Å². The number of hydrogen-bond acceptors (Lipinski definition) is 5. The molecule has 1 aliphatic heterocycles. The van der Waals surface area contributed by atoms with Crippen LogP contribution in [-0.2, 0) is 10.0 Å². The Morgan fingerprint density at radius 2 is 2.17 bits per heavy atom. The largest absolute Gasteiger partial charge is 0.477 e. The maximum atomic E-state index is 12.5. The van der Waals surface area contributed by atoms with E-state index < -0.39 is 16.0 Å². The molecule has 2 rings (SSSR count). The second-order valence-electron chi connectivity index (χ2n) is 7.21. The van der Waals surface area contributed by atoms with Crippen molar-refractivity contribution in [3.05, 3.63) is 16.5 Å². The number of piperidine rings is 1. The third kappa shape index (κ3) is 4.36. The monoisotopic (exact) mass is 374 g/mol. The van der Waals surface area contributed by atoms with Crippen molar-refractivity contribution in [2.24, 2.45) is 5.92 Å². The van der Waals surface area contributed by atoms with Gasteiger partial charge in [0.2, 0.25) is 10.0 Å². The Kier molecular flexibility index (Phi) is 5.74. The predicted molar refractivity (Wildman–Crippen MR) is 95.3 cm³/mol. The van der Waals surface area contributed by atoms with Crippen LogP contribution in [0.25, 0.3) is 0 Å². The molecule has 136 valence electrons. The second kappa shape index (κ2) is 7.11. The fourth-order valence-corrected chi connectivity index (χ4v) is 5.62. The quantitative estimate of drug-likeness (QED) is 0.799. The highest BCUT2D eigenvalue weighted by Gasteiger charge is 2.32. The molecule has 6 nitrogen and oxygen atoms in total. The second-order valence-corrected chi connectivity index (χ2v) is 10.3. The summed E-state index contributed by atoms with van der Waals surface area (Å²) in [5.41, 5.74) is 0.181. The Morgan fingerprint density at radius 3 is 2.71 bits per heavy atom. The Morgan fingerprint density at radius 1 is 1.50 bits per heavy atom. The van der Waals surface area contributed by atoms with Crippen LogP contribution in [0.3, 0.4) is 0 Å². The number of sulfonamides is 1. The molecule has 0 aromatic carbocycles. The van der Waals surface area contributed by atoms with Crippen molar-refractivity contribution < 1.29 is 18.3 Å². The van der Waals surface area contributed by atoms with Crippen LogP contribution >= 0.6 is 11.3 Å². The number of nitrogens with one attached hydrogen (secondary N) is 1. The number of thiophene rings is 1. The van der Waals surface area contributed by atoms with Crippen LogP contribution < -0.4 is 4.72 Å². The number of nitrogens with zero attached hydrogens (tertiary/aromatic N) is 1. The molecule has 0 bridgehead atoms. The number of aryl methyl sites for hydroxylation is 1. The number of carboxylic acids is 1. The normalized spacial score (nSPS) is 20.2. The van der Waals surface area contributed by atoms with E-state index in [1.807, 2.05) is 13.8 Å². The van der Waals surface area contributed by atoms with Gasteiger partial charge in [-0.2, -0.15) is 0 Å². The number of carbonyl (C=O) groups is 1. The molecule has 0 spiro atoms. The summed E-state index contributed by atoms with van der Waals surface area (Å²) < 4.78 is 27.7. The fourth-order valence-electron chi connectivity index (χ4n) is 2.99. The minimum atomic E-state index is -3.70. The van der Waals surface area contributed by atoms with E-state index in [4.69, 9.17) is 5.11 Å². The van der Waals surface area contributed by atoms with E-state index in [0.29, 0.717) is 18.0 Å². The summed E-state index contributed by atoms with van der Waals surface area (Å²) in [6.45, 7) is 10.1. The van der Waals surface area contributed by atoms with E-state index in [1.165, 1.54) is 12.5 Å². The smallest absolute Gasteiger partial charge is 0.346 e. The lowest BCUT2D eigenvalue weighted by atomic mass is 9.94. The number of carboxylic acid groups (broad SMARTS) is 1. The summed E-state index contributed by atoms with van der Waals surface area (Å²) in [4.78, 5) is 13.5. The van der Waals surface area contributed by atoms with E-state index in [-0.39, 0.29) is 14.6 Å². The predicted octanol–water partition coefficient (Wildman–Crippen LogP) is 2.54. The van der Waals surface area contributed by atoms with Gasteiger partial charge >= 0.3 is 5.97 Å². The number of likely N-dealkylation sites (tertiary alicyclic amines) is 1. The van der Waals surface area contributed by atoms with Gasteiger partial charge in [0.25, 0.3) is 0 Å². The number of rotatable bonds is 6. The van der Waals surface area contributed by atoms with Crippen molar-refractivity contribution in [1.82, 2.24) is 9.62 Å². The highest BCUT2D eigenvalue weighted by Crippen LogP contribution is 2.27. The zero-order valence-corrected chi connectivity index (χ0v) is 16.3. The average molecular weight is 375 g/mol. The summed E-state index contributed by atoms with van der Waals surface area (Å²) >= 11 is 0.797. The van der Waals surface area contributed by atoms with Crippen molar-refractivity contribution in [1.29, 1.82) is 0 Å². The molecule has 1 saturated heterocycles. The molecular weight excluding hydrogens is 348 g/mol. The molecule has 24 heavy (non-hydrogen) atoms. The van der Waals surface area contributed by atoms with E-state index in [9.17, 15) is 13.2 Å². The van der Waals surface area contributed by atoms with Gasteiger partial charge < -0.3 is 5.11 Å². The van der Waals surface area contributed by atoms with Crippen molar-refractivity contribution >= 4 is 27.3 Å². The highest BCUT2D eigenvalue weighted by molar-refractivity contribution is 7.91. The molecule has 0 amide bonds. The van der Waals surface area contributed by atoms with Crippen molar-refractivity contribution in [2.45, 2.75) is 50.3 Å². The molecule has 0 radical (unpaired) electrons. The first-order chi connectivity index (χ1) is 11.0. The van der Waals surface area contributed by atoms with E-state index >= 15 is 0 Å². The van der Waals surface area contributed by atoms with Gasteiger partial charge in [0, 0.05) is 18.6 Å². The lowest BCUT2D eigenvalue weighted by molar-refractivity contribution is 0.0701. The van der Waals surface area contributed by atoms with Crippen LogP contribution in [-0.4, -0.2) is 49.6 Å². The Hall–Kier alpha value is -0.960. The van der Waals surface area contributed by atoms with Gasteiger partial charge in [-0.05, 0) is 57.7 Å². The maximum Gasteiger partial charge on any atom is 0.346 e. The van der Waals surface area contributed by atoms with Gasteiger partial charge in [-0.15, -0.1) is 11.3 Å². The summed E-state index contributed by atoms with van der Waals surface area (Å²) in [6, 6.07) is 1.42. The van der Waals surface area contributed by atoms with Crippen LogP contribution in [0.5, 0.6) is 0 Å². The van der Waals surface area contributed by atoms with Gasteiger partial charge in [0.05, 0.1) is 0 Å². The standard InChI is InChI=1S/C16H26N2O4S2/c1-11-6-5-7-18(9-11)16(3,4)10-17-24(21,22)13-8-12(2)14(23-13)15(19)20/h8,11,17H,5-7,9-10H2,1-4H3,(H,19,20). The minimum absolute atomic E-state index is 0.0558. The summed E-state index contributed by atoms with van der Waals surface area (Å²) in [6.07, 6.45) is 2.34. The molecule has 1 fully saturated rings. The van der Waals surface area contributed by atoms with Crippen LogP contribution in [0.2, 0.25) is 0 Å². The Labute approximate surface area is 147 Å². The summed E-state index contributed by atoms with van der Waals surface area (Å²) in [5.74, 6) is -0.478. The lowest BCUT2D eigenvalue weighted by Gasteiger charge is -2.43. The van der Waals surface area contributed by atoms with E-state index in [1.54, 1.807) is 6.92 Å². The SMILES string of the molecule is Cc1cc(S(=O)(=O)NCC(C)(C)N2CCCC(C)C2)sc1C(=O)O. The molecule has 2 heterocycles. The zero-order valence-electron chi connectivity index (χ0n) is 14.6. The van der Waals surface area contributed by atoms with Crippen LogP contribution in [0.15, 0.2) is 10.3 Å². The van der Waals surface area contributed by atoms with E-state index in [0.717, 1.165) is 30.8 Å². The molecule has 1 aliphatic rings. The molecule has 0 aliphatic carbocycles. The Bertz CT molecular complexity index is 710. The molecular formula is C16H26N2O4S2. The van der Waals surface area contributed by atoms with Gasteiger partial charge in [-0.3, -0.25) is 4.90 Å². The van der Waals surface area contributed by atoms with Gasteiger partial charge in [0.1, 0.15) is 9.09 Å². The fraction of sp³-hybridized carbons (Fsp3) is 0.688. The molecule has 1 aromatic rings. The first-order valence-corrected chi connectivity index (χ1v) is 10.4. The minimum Gasteiger partial charge on any atom is -0.477 e. The molecule has 0 saturated carbocycles. The van der Waals surface area contributed by atoms with Crippen molar-refractivity contribution in [3.8, 4) is 0 Å². The highest BCUT2D eigenvalue weighted by atomic mass is 32.2. The Balaban J connectivity index is 2.09. The number of aromatic carboxylic acids is 1. The van der Waals surface area contributed by atoms with Crippen LogP contribution in [0.1, 0.15) is 48.8 Å². The topological polar surface area (TPSA) is 86.7 Å². The maximum absolute atomic E-state index is 12.5. The van der Waals surface area contributed by atoms with Crippen molar-refractivity contribution in [2.75, 3.05) is 19.6 Å². The third-order valence-electron chi connectivity index (χ3n) is 4.56.